The van der Waals surface area contributed by atoms with Crippen LogP contribution in [-0.4, -0.2) is 32.9 Å². The Balaban J connectivity index is 1.98. The smallest absolute Gasteiger partial charge is 0.264 e. The molecule has 2 aromatic rings. The fraction of sp³-hybridized carbons (Fsp3) is 0.667. The first-order valence-electron chi connectivity index (χ1n) is 10.3. The Morgan fingerprint density at radius 2 is 2.07 bits per heavy atom. The summed E-state index contributed by atoms with van der Waals surface area (Å²) in [4.78, 5) is 34.5. The van der Waals surface area contributed by atoms with Crippen LogP contribution in [0.3, 0.4) is 0 Å². The Kier molecular flexibility index (Phi) is 6.35. The lowest BCUT2D eigenvalue weighted by molar-refractivity contribution is 0.0684. The number of aryl methyl sites for hydroxylation is 2. The van der Waals surface area contributed by atoms with Crippen molar-refractivity contribution in [2.24, 2.45) is 0 Å². The molecule has 2 aromatic heterocycles. The van der Waals surface area contributed by atoms with E-state index in [0.29, 0.717) is 10.3 Å². The molecule has 0 spiro atoms. The van der Waals surface area contributed by atoms with Gasteiger partial charge in [0.05, 0.1) is 10.3 Å². The van der Waals surface area contributed by atoms with Gasteiger partial charge in [-0.3, -0.25) is 14.2 Å². The first kappa shape index (κ1) is 20.1. The number of unbranched alkanes of at least 4 members (excludes halogenated alkanes) is 2. The summed E-state index contributed by atoms with van der Waals surface area (Å²) in [5.41, 5.74) is 0.836. The molecule has 3 rings (SSSR count). The molecule has 148 valence electrons. The van der Waals surface area contributed by atoms with Crippen LogP contribution in [0.15, 0.2) is 4.79 Å². The lowest BCUT2D eigenvalue weighted by atomic mass is 10.1. The van der Waals surface area contributed by atoms with Crippen molar-refractivity contribution in [3.63, 3.8) is 0 Å². The van der Waals surface area contributed by atoms with Gasteiger partial charge in [0.15, 0.2) is 0 Å². The fourth-order valence-electron chi connectivity index (χ4n) is 4.04. The fourth-order valence-corrected chi connectivity index (χ4v) is 5.18. The number of fused-ring (bicyclic) bond motifs is 2. The monoisotopic (exact) mass is 389 g/mol. The predicted molar refractivity (Wildman–Crippen MR) is 112 cm³/mol. The third-order valence-corrected chi connectivity index (χ3v) is 6.78. The lowest BCUT2D eigenvalue weighted by Gasteiger charge is -2.29. The van der Waals surface area contributed by atoms with E-state index in [-0.39, 0.29) is 17.5 Å². The first-order valence-corrected chi connectivity index (χ1v) is 11.1. The van der Waals surface area contributed by atoms with Gasteiger partial charge in [-0.2, -0.15) is 0 Å². The van der Waals surface area contributed by atoms with Crippen molar-refractivity contribution in [1.82, 2.24) is 14.5 Å². The van der Waals surface area contributed by atoms with E-state index in [1.54, 1.807) is 4.57 Å². The molecule has 0 saturated heterocycles. The van der Waals surface area contributed by atoms with Gasteiger partial charge < -0.3 is 4.90 Å². The predicted octanol–water partition coefficient (Wildman–Crippen LogP) is 4.53. The molecule has 0 fully saturated rings. The molecule has 3 heterocycles. The maximum Gasteiger partial charge on any atom is 0.264 e. The molecule has 1 unspecified atom stereocenters. The molecule has 0 N–H and O–H groups in total. The van der Waals surface area contributed by atoms with Crippen LogP contribution in [0, 0.1) is 6.92 Å². The number of carbonyl (C=O) groups excluding carboxylic acids is 1. The highest BCUT2D eigenvalue weighted by molar-refractivity contribution is 7.20. The maximum atomic E-state index is 13.4. The van der Waals surface area contributed by atoms with Crippen molar-refractivity contribution in [3.05, 3.63) is 26.6 Å². The molecule has 1 aliphatic rings. The normalized spacial score (nSPS) is 14.5. The van der Waals surface area contributed by atoms with Crippen molar-refractivity contribution >= 4 is 27.5 Å². The van der Waals surface area contributed by atoms with Gasteiger partial charge in [0, 0.05) is 25.6 Å². The summed E-state index contributed by atoms with van der Waals surface area (Å²) in [6.07, 6.45) is 7.17. The zero-order valence-electron chi connectivity index (χ0n) is 17.0. The molecular weight excluding hydrogens is 358 g/mol. The average Bonchev–Trinajstić information content (AvgIpc) is 3.23. The second kappa shape index (κ2) is 8.55. The van der Waals surface area contributed by atoms with Gasteiger partial charge in [-0.05, 0) is 38.7 Å². The Bertz CT molecular complexity index is 884. The van der Waals surface area contributed by atoms with Gasteiger partial charge in [-0.15, -0.1) is 11.3 Å². The second-order valence-corrected chi connectivity index (χ2v) is 8.67. The Morgan fingerprint density at radius 1 is 1.30 bits per heavy atom. The van der Waals surface area contributed by atoms with Crippen molar-refractivity contribution < 1.29 is 4.79 Å². The number of aromatic nitrogens is 2. The summed E-state index contributed by atoms with van der Waals surface area (Å²) in [5.74, 6) is 0.934. The van der Waals surface area contributed by atoms with Crippen molar-refractivity contribution in [3.8, 4) is 0 Å². The van der Waals surface area contributed by atoms with Crippen LogP contribution < -0.4 is 5.56 Å². The zero-order valence-corrected chi connectivity index (χ0v) is 17.8. The van der Waals surface area contributed by atoms with Crippen LogP contribution in [-0.2, 0) is 13.0 Å². The van der Waals surface area contributed by atoms with E-state index in [9.17, 15) is 9.59 Å². The van der Waals surface area contributed by atoms with E-state index < -0.39 is 0 Å². The number of rotatable bonds is 8. The Morgan fingerprint density at radius 3 is 2.78 bits per heavy atom. The molecule has 1 aliphatic heterocycles. The standard InChI is InChI=1S/C21H31N3O2S/c1-5-7-8-12-23(14(3)10-6-2)21(26)18-15(4)17-19(27-18)22-16-11-9-13-24(16)20(17)25/h14H,5-13H2,1-4H3. The van der Waals surface area contributed by atoms with E-state index in [1.165, 1.54) is 11.3 Å². The minimum absolute atomic E-state index is 0.0273. The van der Waals surface area contributed by atoms with E-state index in [1.807, 2.05) is 11.8 Å². The molecule has 5 nitrogen and oxygen atoms in total. The number of thiophene rings is 1. The third kappa shape index (κ3) is 3.82. The SMILES string of the molecule is CCCCCN(C(=O)c1sc2nc3n(c(=O)c2c1C)CCC3)C(C)CCC. The van der Waals surface area contributed by atoms with Crippen LogP contribution in [0.1, 0.15) is 80.4 Å². The Hall–Kier alpha value is -1.69. The summed E-state index contributed by atoms with van der Waals surface area (Å²) in [7, 11) is 0. The zero-order chi connectivity index (χ0) is 19.6. The summed E-state index contributed by atoms with van der Waals surface area (Å²) >= 11 is 1.40. The lowest BCUT2D eigenvalue weighted by Crippen LogP contribution is -2.39. The van der Waals surface area contributed by atoms with E-state index in [4.69, 9.17) is 4.98 Å². The van der Waals surface area contributed by atoms with Crippen LogP contribution in [0.5, 0.6) is 0 Å². The highest BCUT2D eigenvalue weighted by Crippen LogP contribution is 2.30. The van der Waals surface area contributed by atoms with E-state index in [0.717, 1.165) is 74.3 Å². The van der Waals surface area contributed by atoms with Crippen LogP contribution >= 0.6 is 11.3 Å². The number of hydrogen-bond acceptors (Lipinski definition) is 4. The number of hydrogen-bond donors (Lipinski definition) is 0. The Labute approximate surface area is 165 Å². The summed E-state index contributed by atoms with van der Waals surface area (Å²) in [5, 5.41) is 0.644. The van der Waals surface area contributed by atoms with E-state index in [2.05, 4.69) is 20.8 Å². The van der Waals surface area contributed by atoms with Crippen molar-refractivity contribution in [2.75, 3.05) is 6.54 Å². The van der Waals surface area contributed by atoms with Gasteiger partial charge in [-0.1, -0.05) is 33.1 Å². The second-order valence-electron chi connectivity index (χ2n) is 7.67. The van der Waals surface area contributed by atoms with Gasteiger partial charge in [0.25, 0.3) is 11.5 Å². The molecular formula is C21H31N3O2S. The van der Waals surface area contributed by atoms with Gasteiger partial charge >= 0.3 is 0 Å². The minimum atomic E-state index is 0.0273. The summed E-state index contributed by atoms with van der Waals surface area (Å²) < 4.78 is 1.79. The number of amides is 1. The maximum absolute atomic E-state index is 13.4. The average molecular weight is 390 g/mol. The molecule has 1 atom stereocenters. The molecule has 6 heteroatoms. The van der Waals surface area contributed by atoms with Crippen LogP contribution in [0.2, 0.25) is 0 Å². The van der Waals surface area contributed by atoms with Crippen molar-refractivity contribution in [1.29, 1.82) is 0 Å². The van der Waals surface area contributed by atoms with Gasteiger partial charge in [0.2, 0.25) is 0 Å². The van der Waals surface area contributed by atoms with E-state index >= 15 is 0 Å². The quantitative estimate of drug-likeness (QED) is 0.623. The molecule has 0 bridgehead atoms. The highest BCUT2D eigenvalue weighted by Gasteiger charge is 2.27. The molecule has 0 aliphatic carbocycles. The van der Waals surface area contributed by atoms with Crippen LogP contribution in [0.25, 0.3) is 10.2 Å². The largest absolute Gasteiger partial charge is 0.335 e. The van der Waals surface area contributed by atoms with Gasteiger partial charge in [-0.25, -0.2) is 4.98 Å². The van der Waals surface area contributed by atoms with Crippen LogP contribution in [0.4, 0.5) is 0 Å². The third-order valence-electron chi connectivity index (χ3n) is 5.61. The van der Waals surface area contributed by atoms with Gasteiger partial charge in [0.1, 0.15) is 10.7 Å². The molecule has 0 aromatic carbocycles. The number of nitrogens with zero attached hydrogens (tertiary/aromatic N) is 3. The van der Waals surface area contributed by atoms with Crippen molar-refractivity contribution in [2.45, 2.75) is 85.2 Å². The molecule has 1 amide bonds. The number of carbonyl (C=O) groups is 1. The minimum Gasteiger partial charge on any atom is -0.335 e. The summed E-state index contributed by atoms with van der Waals surface area (Å²) in [6.45, 7) is 9.90. The highest BCUT2D eigenvalue weighted by atomic mass is 32.1. The molecule has 0 saturated carbocycles. The topological polar surface area (TPSA) is 55.2 Å². The summed E-state index contributed by atoms with van der Waals surface area (Å²) in [6, 6.07) is 0.211. The molecule has 0 radical (unpaired) electrons. The molecule has 27 heavy (non-hydrogen) atoms. The first-order chi connectivity index (χ1) is 13.0.